The zero-order chi connectivity index (χ0) is 18.3. The average molecular weight is 386 g/mol. The topological polar surface area (TPSA) is 66.8 Å². The minimum atomic E-state index is -3.06. The molecule has 2 aliphatic heterocycles. The minimum absolute atomic E-state index is 0.0933. The van der Waals surface area contributed by atoms with Gasteiger partial charge in [0.05, 0.1) is 17.5 Å². The number of aryl methyl sites for hydroxylation is 1. The Morgan fingerprint density at radius 2 is 1.88 bits per heavy atom. The lowest BCUT2D eigenvalue weighted by atomic mass is 10.1. The first-order valence-electron chi connectivity index (χ1n) is 8.34. The van der Waals surface area contributed by atoms with E-state index in [1.54, 1.807) is 6.07 Å². The van der Waals surface area contributed by atoms with Crippen LogP contribution in [0.25, 0.3) is 0 Å². The van der Waals surface area contributed by atoms with Crippen LogP contribution in [-0.4, -0.2) is 42.3 Å². The SMILES string of the molecule is Cc1cccc(C(=O)N=C2S[C@H]3CS(=O)(=O)C[C@@H]3N2c2ccccc2)c1. The van der Waals surface area contributed by atoms with Gasteiger partial charge in [0.1, 0.15) is 0 Å². The van der Waals surface area contributed by atoms with Gasteiger partial charge in [0.25, 0.3) is 5.91 Å². The Morgan fingerprint density at radius 1 is 1.12 bits per heavy atom. The lowest BCUT2D eigenvalue weighted by molar-refractivity contribution is 0.100. The van der Waals surface area contributed by atoms with Crippen molar-refractivity contribution in [2.45, 2.75) is 18.2 Å². The van der Waals surface area contributed by atoms with Crippen molar-refractivity contribution in [3.63, 3.8) is 0 Å². The molecule has 0 bridgehead atoms. The van der Waals surface area contributed by atoms with Crippen molar-refractivity contribution < 1.29 is 13.2 Å². The molecule has 0 spiro atoms. The van der Waals surface area contributed by atoms with E-state index in [0.29, 0.717) is 10.7 Å². The molecule has 5 nitrogen and oxygen atoms in total. The van der Waals surface area contributed by atoms with Crippen LogP contribution < -0.4 is 4.90 Å². The molecule has 0 N–H and O–H groups in total. The number of carbonyl (C=O) groups excluding carboxylic acids is 1. The van der Waals surface area contributed by atoms with Crippen LogP contribution >= 0.6 is 11.8 Å². The number of rotatable bonds is 2. The van der Waals surface area contributed by atoms with Crippen LogP contribution in [0.1, 0.15) is 15.9 Å². The van der Waals surface area contributed by atoms with Gasteiger partial charge in [0, 0.05) is 16.5 Å². The number of nitrogens with zero attached hydrogens (tertiary/aromatic N) is 2. The van der Waals surface area contributed by atoms with E-state index in [1.807, 2.05) is 60.4 Å². The van der Waals surface area contributed by atoms with Crippen LogP contribution in [-0.2, 0) is 9.84 Å². The van der Waals surface area contributed by atoms with Crippen molar-refractivity contribution in [1.82, 2.24) is 0 Å². The number of anilines is 1. The number of benzene rings is 2. The highest BCUT2D eigenvalue weighted by atomic mass is 32.2. The number of amides is 1. The first-order valence-corrected chi connectivity index (χ1v) is 11.0. The molecule has 134 valence electrons. The molecular formula is C19H18N2O3S2. The Morgan fingerprint density at radius 3 is 2.62 bits per heavy atom. The average Bonchev–Trinajstić information content (AvgIpc) is 3.06. The fourth-order valence-corrected chi connectivity index (χ4v) is 7.30. The summed E-state index contributed by atoms with van der Waals surface area (Å²) in [6, 6.07) is 16.7. The molecule has 0 aliphatic carbocycles. The third-order valence-electron chi connectivity index (χ3n) is 4.56. The van der Waals surface area contributed by atoms with E-state index in [9.17, 15) is 13.2 Å². The normalized spacial score (nSPS) is 25.4. The van der Waals surface area contributed by atoms with Crippen molar-refractivity contribution in [1.29, 1.82) is 0 Å². The summed E-state index contributed by atoms with van der Waals surface area (Å²) in [4.78, 5) is 18.9. The van der Waals surface area contributed by atoms with E-state index in [4.69, 9.17) is 0 Å². The summed E-state index contributed by atoms with van der Waals surface area (Å²) < 4.78 is 24.1. The van der Waals surface area contributed by atoms with Gasteiger partial charge in [-0.25, -0.2) is 8.42 Å². The number of fused-ring (bicyclic) bond motifs is 1. The number of aliphatic imine (C=N–C) groups is 1. The molecule has 0 aromatic heterocycles. The highest BCUT2D eigenvalue weighted by molar-refractivity contribution is 8.16. The molecule has 2 saturated heterocycles. The summed E-state index contributed by atoms with van der Waals surface area (Å²) in [6.07, 6.45) is 0. The second-order valence-electron chi connectivity index (χ2n) is 6.58. The predicted octanol–water partition coefficient (Wildman–Crippen LogP) is 2.91. The Kier molecular flexibility index (Phi) is 4.36. The molecule has 1 amide bonds. The van der Waals surface area contributed by atoms with E-state index >= 15 is 0 Å². The van der Waals surface area contributed by atoms with Crippen molar-refractivity contribution >= 4 is 38.4 Å². The Balaban J connectivity index is 1.72. The molecule has 2 aliphatic rings. The maximum Gasteiger partial charge on any atom is 0.279 e. The van der Waals surface area contributed by atoms with Crippen LogP contribution in [0.3, 0.4) is 0 Å². The van der Waals surface area contributed by atoms with E-state index < -0.39 is 9.84 Å². The molecule has 2 atom stereocenters. The Hall–Kier alpha value is -2.12. The molecular weight excluding hydrogens is 368 g/mol. The summed E-state index contributed by atoms with van der Waals surface area (Å²) >= 11 is 1.39. The van der Waals surface area contributed by atoms with Gasteiger partial charge >= 0.3 is 0 Å². The maximum absolute atomic E-state index is 12.6. The molecule has 7 heteroatoms. The second kappa shape index (κ2) is 6.55. The quantitative estimate of drug-likeness (QED) is 0.794. The minimum Gasteiger partial charge on any atom is -0.316 e. The highest BCUT2D eigenvalue weighted by Gasteiger charge is 2.49. The van der Waals surface area contributed by atoms with Gasteiger partial charge < -0.3 is 4.90 Å². The van der Waals surface area contributed by atoms with Crippen molar-refractivity contribution in [2.75, 3.05) is 16.4 Å². The molecule has 0 radical (unpaired) electrons. The summed E-state index contributed by atoms with van der Waals surface area (Å²) in [6.45, 7) is 1.93. The lowest BCUT2D eigenvalue weighted by Crippen LogP contribution is -2.37. The van der Waals surface area contributed by atoms with Gasteiger partial charge in [0.2, 0.25) is 0 Å². The smallest absolute Gasteiger partial charge is 0.279 e. The van der Waals surface area contributed by atoms with E-state index in [0.717, 1.165) is 11.3 Å². The molecule has 0 unspecified atom stereocenters. The third kappa shape index (κ3) is 3.29. The summed E-state index contributed by atoms with van der Waals surface area (Å²) in [7, 11) is -3.06. The zero-order valence-electron chi connectivity index (χ0n) is 14.2. The fourth-order valence-electron chi connectivity index (χ4n) is 3.38. The van der Waals surface area contributed by atoms with E-state index in [2.05, 4.69) is 4.99 Å². The molecule has 2 heterocycles. The molecule has 4 rings (SSSR count). The number of hydrogen-bond acceptors (Lipinski definition) is 4. The first kappa shape index (κ1) is 17.3. The molecule has 2 fully saturated rings. The predicted molar refractivity (Wildman–Crippen MR) is 106 cm³/mol. The first-order chi connectivity index (χ1) is 12.4. The molecule has 26 heavy (non-hydrogen) atoms. The highest BCUT2D eigenvalue weighted by Crippen LogP contribution is 2.40. The van der Waals surface area contributed by atoms with E-state index in [1.165, 1.54) is 11.8 Å². The van der Waals surface area contributed by atoms with Crippen LogP contribution in [0.2, 0.25) is 0 Å². The lowest BCUT2D eigenvalue weighted by Gasteiger charge is -2.24. The molecule has 0 saturated carbocycles. The van der Waals surface area contributed by atoms with Crippen LogP contribution in [0.15, 0.2) is 59.6 Å². The van der Waals surface area contributed by atoms with Gasteiger partial charge in [0.15, 0.2) is 15.0 Å². The largest absolute Gasteiger partial charge is 0.316 e. The van der Waals surface area contributed by atoms with Gasteiger partial charge in [-0.3, -0.25) is 4.79 Å². The van der Waals surface area contributed by atoms with Crippen molar-refractivity contribution in [3.8, 4) is 0 Å². The second-order valence-corrected chi connectivity index (χ2v) is 9.94. The standard InChI is InChI=1S/C19H18N2O3S2/c1-13-6-5-7-14(10-13)18(22)20-19-21(15-8-3-2-4-9-15)16-11-26(23,24)12-17(16)25-19/h2-10,16-17H,11-12H2,1H3/t16-,17-/m0/s1. The zero-order valence-corrected chi connectivity index (χ0v) is 15.8. The van der Waals surface area contributed by atoms with Gasteiger partial charge in [-0.05, 0) is 31.2 Å². The molecule has 2 aromatic rings. The summed E-state index contributed by atoms with van der Waals surface area (Å²) in [5, 5.41) is 0.483. The number of hydrogen-bond donors (Lipinski definition) is 0. The summed E-state index contributed by atoms with van der Waals surface area (Å²) in [5.41, 5.74) is 2.40. The van der Waals surface area contributed by atoms with Crippen LogP contribution in [0, 0.1) is 6.92 Å². The van der Waals surface area contributed by atoms with Crippen LogP contribution in [0.5, 0.6) is 0 Å². The number of carbonyl (C=O) groups is 1. The Labute approximate surface area is 157 Å². The fraction of sp³-hybridized carbons (Fsp3) is 0.263. The number of sulfone groups is 1. The van der Waals surface area contributed by atoms with Gasteiger partial charge in [-0.15, -0.1) is 0 Å². The third-order valence-corrected chi connectivity index (χ3v) is 7.77. The number of thioether (sulfide) groups is 1. The van der Waals surface area contributed by atoms with E-state index in [-0.39, 0.29) is 28.7 Å². The maximum atomic E-state index is 12.6. The van der Waals surface area contributed by atoms with Gasteiger partial charge in [-0.1, -0.05) is 47.7 Å². The number of para-hydroxylation sites is 1. The van der Waals surface area contributed by atoms with Crippen LogP contribution in [0.4, 0.5) is 5.69 Å². The van der Waals surface area contributed by atoms with Crippen molar-refractivity contribution in [2.24, 2.45) is 4.99 Å². The summed E-state index contributed by atoms with van der Waals surface area (Å²) in [5.74, 6) is -0.0828. The molecule has 2 aromatic carbocycles. The van der Waals surface area contributed by atoms with Crippen molar-refractivity contribution in [3.05, 3.63) is 65.7 Å². The number of amidine groups is 1. The monoisotopic (exact) mass is 386 g/mol. The van der Waals surface area contributed by atoms with Gasteiger partial charge in [-0.2, -0.15) is 4.99 Å². The Bertz CT molecular complexity index is 987.